The van der Waals surface area contributed by atoms with E-state index in [-0.39, 0.29) is 11.7 Å². The Morgan fingerprint density at radius 2 is 2.09 bits per heavy atom. The number of likely N-dealkylation sites (tertiary alicyclic amines) is 1. The highest BCUT2D eigenvalue weighted by molar-refractivity contribution is 6.29. The van der Waals surface area contributed by atoms with Crippen molar-refractivity contribution in [2.75, 3.05) is 13.1 Å². The van der Waals surface area contributed by atoms with E-state index < -0.39 is 17.5 Å². The van der Waals surface area contributed by atoms with E-state index in [1.54, 1.807) is 24.3 Å². The number of nitrogens with one attached hydrogen (secondary N) is 1. The minimum absolute atomic E-state index is 0.100. The average Bonchev–Trinajstić information content (AvgIpc) is 2.93. The van der Waals surface area contributed by atoms with Gasteiger partial charge < -0.3 is 15.2 Å². The summed E-state index contributed by atoms with van der Waals surface area (Å²) in [5, 5.41) is 11.4. The van der Waals surface area contributed by atoms with E-state index in [1.165, 1.54) is 0 Å². The Labute approximate surface area is 133 Å². The third-order valence-corrected chi connectivity index (χ3v) is 4.74. The molecule has 122 valence electrons. The standard InChI is InChI=1S/C16H18N2O5/c1-10-8-18(16(10)6-7-17-15(16)22)9-11-2-4-12(5-3-11)23-14(21)13(19)20/h2-5,10H,6-9H2,1H3,(H,17,22)(H,19,20)/t10-,16+/m0/s1. The van der Waals surface area contributed by atoms with E-state index in [1.807, 2.05) is 0 Å². The number of ether oxygens (including phenoxy) is 1. The molecule has 7 nitrogen and oxygen atoms in total. The maximum absolute atomic E-state index is 12.2. The molecule has 3 rings (SSSR count). The van der Waals surface area contributed by atoms with Gasteiger partial charge in [0.1, 0.15) is 11.3 Å². The van der Waals surface area contributed by atoms with Crippen molar-refractivity contribution in [2.45, 2.75) is 25.4 Å². The zero-order chi connectivity index (χ0) is 16.6. The lowest BCUT2D eigenvalue weighted by atomic mass is 9.73. The topological polar surface area (TPSA) is 95.9 Å². The second-order valence-electron chi connectivity index (χ2n) is 6.05. The quantitative estimate of drug-likeness (QED) is 0.475. The van der Waals surface area contributed by atoms with Crippen molar-refractivity contribution in [3.8, 4) is 5.75 Å². The van der Waals surface area contributed by atoms with Gasteiger partial charge in [0.05, 0.1) is 0 Å². The van der Waals surface area contributed by atoms with Crippen LogP contribution in [0, 0.1) is 5.92 Å². The number of carbonyl (C=O) groups is 3. The molecule has 7 heteroatoms. The smallest absolute Gasteiger partial charge is 0.422 e. The lowest BCUT2D eigenvalue weighted by Crippen LogP contribution is -2.69. The molecule has 2 atom stereocenters. The molecule has 2 aliphatic heterocycles. The Hall–Kier alpha value is -2.41. The number of carbonyl (C=O) groups excluding carboxylic acids is 2. The highest BCUT2D eigenvalue weighted by Gasteiger charge is 2.58. The summed E-state index contributed by atoms with van der Waals surface area (Å²) in [6.07, 6.45) is 0.821. The van der Waals surface area contributed by atoms with Crippen molar-refractivity contribution in [1.82, 2.24) is 10.2 Å². The number of carboxylic acids is 1. The van der Waals surface area contributed by atoms with Gasteiger partial charge in [-0.2, -0.15) is 0 Å². The summed E-state index contributed by atoms with van der Waals surface area (Å²) in [6, 6.07) is 6.66. The van der Waals surface area contributed by atoms with Crippen molar-refractivity contribution in [2.24, 2.45) is 5.92 Å². The zero-order valence-corrected chi connectivity index (χ0v) is 12.7. The fourth-order valence-electron chi connectivity index (χ4n) is 3.49. The van der Waals surface area contributed by atoms with Crippen molar-refractivity contribution in [3.05, 3.63) is 29.8 Å². The normalized spacial score (nSPS) is 26.7. The Morgan fingerprint density at radius 1 is 1.39 bits per heavy atom. The molecule has 1 amide bonds. The van der Waals surface area contributed by atoms with Gasteiger partial charge in [0.2, 0.25) is 5.91 Å². The number of carboxylic acid groups (broad SMARTS) is 1. The molecule has 0 unspecified atom stereocenters. The van der Waals surface area contributed by atoms with Gasteiger partial charge in [-0.1, -0.05) is 19.1 Å². The number of esters is 1. The fourth-order valence-corrected chi connectivity index (χ4v) is 3.49. The van der Waals surface area contributed by atoms with Crippen LogP contribution in [0.25, 0.3) is 0 Å². The Bertz CT molecular complexity index is 657. The van der Waals surface area contributed by atoms with Crippen LogP contribution >= 0.6 is 0 Å². The van der Waals surface area contributed by atoms with Gasteiger partial charge >= 0.3 is 11.9 Å². The number of rotatable bonds is 3. The molecule has 1 spiro atoms. The summed E-state index contributed by atoms with van der Waals surface area (Å²) < 4.78 is 4.69. The summed E-state index contributed by atoms with van der Waals surface area (Å²) in [5.74, 6) is -2.32. The summed E-state index contributed by atoms with van der Waals surface area (Å²) in [6.45, 7) is 4.30. The van der Waals surface area contributed by atoms with Crippen molar-refractivity contribution < 1.29 is 24.2 Å². The molecule has 1 aromatic rings. The number of benzene rings is 1. The number of hydrogen-bond donors (Lipinski definition) is 2. The van der Waals surface area contributed by atoms with E-state index in [0.29, 0.717) is 19.0 Å². The lowest BCUT2D eigenvalue weighted by molar-refractivity contribution is -0.158. The first kappa shape index (κ1) is 15.5. The molecule has 0 aliphatic carbocycles. The first-order valence-electron chi connectivity index (χ1n) is 7.51. The van der Waals surface area contributed by atoms with E-state index >= 15 is 0 Å². The van der Waals surface area contributed by atoms with Gasteiger partial charge in [0, 0.05) is 19.6 Å². The van der Waals surface area contributed by atoms with E-state index in [9.17, 15) is 14.4 Å². The van der Waals surface area contributed by atoms with Crippen molar-refractivity contribution >= 4 is 17.8 Å². The molecule has 0 aromatic heterocycles. The van der Waals surface area contributed by atoms with Crippen LogP contribution in [0.15, 0.2) is 24.3 Å². The van der Waals surface area contributed by atoms with Crippen LogP contribution in [0.5, 0.6) is 5.75 Å². The summed E-state index contributed by atoms with van der Waals surface area (Å²) in [4.78, 5) is 35.8. The SMILES string of the molecule is C[C@H]1CN(Cc2ccc(OC(=O)C(=O)O)cc2)[C@]12CCNC2=O. The van der Waals surface area contributed by atoms with Gasteiger partial charge in [-0.3, -0.25) is 9.69 Å². The first-order valence-corrected chi connectivity index (χ1v) is 7.51. The van der Waals surface area contributed by atoms with Crippen molar-refractivity contribution in [1.29, 1.82) is 0 Å². The predicted molar refractivity (Wildman–Crippen MR) is 79.6 cm³/mol. The molecule has 2 aliphatic rings. The maximum atomic E-state index is 12.2. The molecule has 1 aromatic carbocycles. The van der Waals surface area contributed by atoms with Gasteiger partial charge in [0.15, 0.2) is 0 Å². The molecule has 23 heavy (non-hydrogen) atoms. The monoisotopic (exact) mass is 318 g/mol. The van der Waals surface area contributed by atoms with Crippen LogP contribution in [-0.4, -0.2) is 46.5 Å². The average molecular weight is 318 g/mol. The highest BCUT2D eigenvalue weighted by atomic mass is 16.6. The third-order valence-electron chi connectivity index (χ3n) is 4.74. The second kappa shape index (κ2) is 5.66. The van der Waals surface area contributed by atoms with Crippen molar-refractivity contribution in [3.63, 3.8) is 0 Å². The number of hydrogen-bond acceptors (Lipinski definition) is 5. The van der Waals surface area contributed by atoms with Gasteiger partial charge in [-0.05, 0) is 30.0 Å². The highest BCUT2D eigenvalue weighted by Crippen LogP contribution is 2.42. The Morgan fingerprint density at radius 3 is 2.61 bits per heavy atom. The molecule has 2 N–H and O–H groups in total. The van der Waals surface area contributed by atoms with Crippen LogP contribution < -0.4 is 10.1 Å². The molecular weight excluding hydrogens is 300 g/mol. The molecule has 2 fully saturated rings. The minimum Gasteiger partial charge on any atom is -0.473 e. The molecule has 2 heterocycles. The molecule has 2 saturated heterocycles. The van der Waals surface area contributed by atoms with Crippen LogP contribution in [0.3, 0.4) is 0 Å². The number of nitrogens with zero attached hydrogens (tertiary/aromatic N) is 1. The summed E-state index contributed by atoms with van der Waals surface area (Å²) in [5.41, 5.74) is 0.583. The molecular formula is C16H18N2O5. The molecule has 0 radical (unpaired) electrons. The summed E-state index contributed by atoms with van der Waals surface area (Å²) >= 11 is 0. The largest absolute Gasteiger partial charge is 0.473 e. The lowest BCUT2D eigenvalue weighted by Gasteiger charge is -2.54. The van der Waals surface area contributed by atoms with Crippen LogP contribution in [-0.2, 0) is 20.9 Å². The first-order chi connectivity index (χ1) is 10.9. The van der Waals surface area contributed by atoms with Crippen LogP contribution in [0.2, 0.25) is 0 Å². The fraction of sp³-hybridized carbons (Fsp3) is 0.438. The Kier molecular flexibility index (Phi) is 3.81. The third kappa shape index (κ3) is 2.57. The summed E-state index contributed by atoms with van der Waals surface area (Å²) in [7, 11) is 0. The maximum Gasteiger partial charge on any atom is 0.422 e. The predicted octanol–water partition coefficient (Wildman–Crippen LogP) is 0.387. The molecule has 0 saturated carbocycles. The Balaban J connectivity index is 1.66. The minimum atomic E-state index is -1.63. The second-order valence-corrected chi connectivity index (χ2v) is 6.05. The molecule has 0 bridgehead atoms. The number of amides is 1. The van der Waals surface area contributed by atoms with Gasteiger partial charge in [-0.15, -0.1) is 0 Å². The van der Waals surface area contributed by atoms with Crippen LogP contribution in [0.1, 0.15) is 18.9 Å². The van der Waals surface area contributed by atoms with E-state index in [2.05, 4.69) is 21.9 Å². The van der Waals surface area contributed by atoms with E-state index in [0.717, 1.165) is 18.5 Å². The van der Waals surface area contributed by atoms with Gasteiger partial charge in [-0.25, -0.2) is 9.59 Å². The van der Waals surface area contributed by atoms with Crippen LogP contribution in [0.4, 0.5) is 0 Å². The number of aliphatic carboxylic acids is 1. The van der Waals surface area contributed by atoms with E-state index in [4.69, 9.17) is 5.11 Å². The van der Waals surface area contributed by atoms with Gasteiger partial charge in [0.25, 0.3) is 0 Å². The zero-order valence-electron chi connectivity index (χ0n) is 12.7.